The van der Waals surface area contributed by atoms with Crippen LogP contribution in [0.2, 0.25) is 0 Å². The van der Waals surface area contributed by atoms with E-state index in [-0.39, 0.29) is 5.91 Å². The highest BCUT2D eigenvalue weighted by atomic mass is 32.1. The van der Waals surface area contributed by atoms with Crippen molar-refractivity contribution in [3.63, 3.8) is 0 Å². The zero-order chi connectivity index (χ0) is 19.3. The third-order valence-corrected chi connectivity index (χ3v) is 5.96. The molecule has 3 aromatic rings. The van der Waals surface area contributed by atoms with Crippen LogP contribution in [0.25, 0.3) is 5.65 Å². The lowest BCUT2D eigenvalue weighted by molar-refractivity contribution is -0.116. The topological polar surface area (TPSA) is 107 Å². The fourth-order valence-corrected chi connectivity index (χ4v) is 4.40. The summed E-state index contributed by atoms with van der Waals surface area (Å²) >= 11 is 1.50. The van der Waals surface area contributed by atoms with Crippen LogP contribution in [0.15, 0.2) is 12.1 Å². The lowest BCUT2D eigenvalue weighted by Crippen LogP contribution is -2.12. The number of nitrogens with one attached hydrogen (secondary N) is 1. The second-order valence-electron chi connectivity index (χ2n) is 6.94. The fraction of sp³-hybridized carbons (Fsp3) is 0.556. The zero-order valence-electron chi connectivity index (χ0n) is 15.8. The van der Waals surface area contributed by atoms with Gasteiger partial charge in [0.1, 0.15) is 5.01 Å². The van der Waals surface area contributed by atoms with Crippen LogP contribution in [0.1, 0.15) is 61.7 Å². The molecule has 0 saturated heterocycles. The molecule has 28 heavy (non-hydrogen) atoms. The summed E-state index contributed by atoms with van der Waals surface area (Å²) in [7, 11) is 1.57. The number of aryl methyl sites for hydroxylation is 1. The standard InChI is InChI=1S/C18H23N7O2S/c1-27-16-11-10-14-21-20-13(25(14)24-16)8-5-9-15(26)19-18-23-22-17(28-18)12-6-3-2-4-7-12/h10-12H,2-9H2,1H3,(H,19,23,26). The van der Waals surface area contributed by atoms with Gasteiger partial charge in [-0.3, -0.25) is 4.79 Å². The molecule has 1 amide bonds. The maximum Gasteiger partial charge on any atom is 0.231 e. The van der Waals surface area contributed by atoms with Gasteiger partial charge >= 0.3 is 0 Å². The SMILES string of the molecule is COc1ccc2nnc(CCCC(=O)Nc3nnc(C4CCCCC4)s3)n2n1. The first kappa shape index (κ1) is 18.7. The van der Waals surface area contributed by atoms with Gasteiger partial charge < -0.3 is 10.1 Å². The number of fused-ring (bicyclic) bond motifs is 1. The number of hydrogen-bond donors (Lipinski definition) is 1. The molecule has 9 nitrogen and oxygen atoms in total. The van der Waals surface area contributed by atoms with Crippen LogP contribution in [-0.4, -0.2) is 43.0 Å². The summed E-state index contributed by atoms with van der Waals surface area (Å²) in [5.41, 5.74) is 0.657. The maximum absolute atomic E-state index is 12.2. The quantitative estimate of drug-likeness (QED) is 0.648. The van der Waals surface area contributed by atoms with Crippen molar-refractivity contribution in [3.05, 3.63) is 23.0 Å². The summed E-state index contributed by atoms with van der Waals surface area (Å²) in [6.07, 6.45) is 7.77. The van der Waals surface area contributed by atoms with E-state index >= 15 is 0 Å². The molecule has 4 rings (SSSR count). The van der Waals surface area contributed by atoms with Gasteiger partial charge in [0, 0.05) is 24.8 Å². The molecular weight excluding hydrogens is 378 g/mol. The number of nitrogens with zero attached hydrogens (tertiary/aromatic N) is 6. The highest BCUT2D eigenvalue weighted by Gasteiger charge is 2.20. The Kier molecular flexibility index (Phi) is 5.75. The molecule has 0 unspecified atom stereocenters. The number of aromatic nitrogens is 6. The summed E-state index contributed by atoms with van der Waals surface area (Å²) in [4.78, 5) is 12.2. The monoisotopic (exact) mass is 401 g/mol. The molecule has 0 spiro atoms. The molecule has 1 N–H and O–H groups in total. The van der Waals surface area contributed by atoms with Gasteiger partial charge in [0.05, 0.1) is 7.11 Å². The van der Waals surface area contributed by atoms with Crippen molar-refractivity contribution < 1.29 is 9.53 Å². The molecule has 10 heteroatoms. The molecule has 0 bridgehead atoms. The molecule has 0 aromatic carbocycles. The number of carbonyl (C=O) groups excluding carboxylic acids is 1. The lowest BCUT2D eigenvalue weighted by Gasteiger charge is -2.18. The molecule has 1 fully saturated rings. The van der Waals surface area contributed by atoms with Crippen molar-refractivity contribution in [1.82, 2.24) is 30.0 Å². The van der Waals surface area contributed by atoms with Crippen LogP contribution in [0, 0.1) is 0 Å². The first-order valence-electron chi connectivity index (χ1n) is 9.61. The average molecular weight is 401 g/mol. The van der Waals surface area contributed by atoms with Gasteiger partial charge in [0.25, 0.3) is 0 Å². The third-order valence-electron chi connectivity index (χ3n) is 4.96. The lowest BCUT2D eigenvalue weighted by atomic mass is 9.90. The van der Waals surface area contributed by atoms with Crippen LogP contribution in [-0.2, 0) is 11.2 Å². The molecule has 0 radical (unpaired) electrons. The Labute approximate surface area is 166 Å². The van der Waals surface area contributed by atoms with Crippen LogP contribution < -0.4 is 10.1 Å². The molecule has 1 aliphatic carbocycles. The number of rotatable bonds is 7. The van der Waals surface area contributed by atoms with Gasteiger partial charge in [-0.05, 0) is 25.3 Å². The first-order chi connectivity index (χ1) is 13.7. The summed E-state index contributed by atoms with van der Waals surface area (Å²) in [6, 6.07) is 3.54. The van der Waals surface area contributed by atoms with Crippen LogP contribution in [0.3, 0.4) is 0 Å². The van der Waals surface area contributed by atoms with Gasteiger partial charge in [-0.15, -0.1) is 25.5 Å². The van der Waals surface area contributed by atoms with E-state index in [2.05, 4.69) is 30.8 Å². The zero-order valence-corrected chi connectivity index (χ0v) is 16.6. The van der Waals surface area contributed by atoms with Crippen LogP contribution >= 0.6 is 11.3 Å². The van der Waals surface area contributed by atoms with Crippen molar-refractivity contribution in [3.8, 4) is 5.88 Å². The highest BCUT2D eigenvalue weighted by Crippen LogP contribution is 2.35. The summed E-state index contributed by atoms with van der Waals surface area (Å²) < 4.78 is 6.79. The minimum absolute atomic E-state index is 0.0642. The van der Waals surface area contributed by atoms with Crippen molar-refractivity contribution >= 4 is 28.0 Å². The average Bonchev–Trinajstić information content (AvgIpc) is 3.35. The molecule has 0 aliphatic heterocycles. The van der Waals surface area contributed by atoms with E-state index in [1.807, 2.05) is 0 Å². The molecular formula is C18H23N7O2S. The van der Waals surface area contributed by atoms with Crippen molar-refractivity contribution in [2.75, 3.05) is 12.4 Å². The van der Waals surface area contributed by atoms with Gasteiger partial charge in [0.2, 0.25) is 16.9 Å². The van der Waals surface area contributed by atoms with Gasteiger partial charge in [-0.1, -0.05) is 30.6 Å². The predicted molar refractivity (Wildman–Crippen MR) is 105 cm³/mol. The summed E-state index contributed by atoms with van der Waals surface area (Å²) in [5.74, 6) is 1.64. The Bertz CT molecular complexity index is 948. The van der Waals surface area contributed by atoms with E-state index in [0.717, 1.165) is 5.01 Å². The van der Waals surface area contributed by atoms with E-state index < -0.39 is 0 Å². The first-order valence-corrected chi connectivity index (χ1v) is 10.4. The van der Waals surface area contributed by atoms with Crippen LogP contribution in [0.5, 0.6) is 5.88 Å². The minimum atomic E-state index is -0.0642. The number of ether oxygens (including phenoxy) is 1. The number of anilines is 1. The van der Waals surface area contributed by atoms with Gasteiger partial charge in [-0.25, -0.2) is 0 Å². The minimum Gasteiger partial charge on any atom is -0.480 e. The van der Waals surface area contributed by atoms with E-state index in [4.69, 9.17) is 4.74 Å². The predicted octanol–water partition coefficient (Wildman–Crippen LogP) is 2.99. The molecule has 1 saturated carbocycles. The number of methoxy groups -OCH3 is 1. The summed E-state index contributed by atoms with van der Waals surface area (Å²) in [6.45, 7) is 0. The molecule has 3 heterocycles. The van der Waals surface area contributed by atoms with Gasteiger partial charge in [0.15, 0.2) is 11.5 Å². The largest absolute Gasteiger partial charge is 0.480 e. The fourth-order valence-electron chi connectivity index (χ4n) is 3.47. The van der Waals surface area contributed by atoms with Crippen LogP contribution in [0.4, 0.5) is 5.13 Å². The number of hydrogen-bond acceptors (Lipinski definition) is 8. The Balaban J connectivity index is 1.29. The van der Waals surface area contributed by atoms with Crippen molar-refractivity contribution in [1.29, 1.82) is 0 Å². The second kappa shape index (κ2) is 8.59. The maximum atomic E-state index is 12.2. The molecule has 1 aliphatic rings. The molecule has 0 atom stereocenters. The second-order valence-corrected chi connectivity index (χ2v) is 7.95. The van der Waals surface area contributed by atoms with Crippen molar-refractivity contribution in [2.45, 2.75) is 57.3 Å². The van der Waals surface area contributed by atoms with Crippen molar-refractivity contribution in [2.24, 2.45) is 0 Å². The van der Waals surface area contributed by atoms with E-state index in [1.54, 1.807) is 23.8 Å². The Morgan fingerprint density at radius 2 is 2.07 bits per heavy atom. The van der Waals surface area contributed by atoms with E-state index in [9.17, 15) is 4.79 Å². The number of carbonyl (C=O) groups is 1. The Morgan fingerprint density at radius 3 is 2.89 bits per heavy atom. The van der Waals surface area contributed by atoms with E-state index in [1.165, 1.54) is 43.4 Å². The Hall–Kier alpha value is -2.62. The third kappa shape index (κ3) is 4.27. The van der Waals surface area contributed by atoms with E-state index in [0.29, 0.717) is 47.7 Å². The Morgan fingerprint density at radius 1 is 1.21 bits per heavy atom. The normalized spacial score (nSPS) is 15.0. The summed E-state index contributed by atoms with van der Waals surface area (Å²) in [5, 5.41) is 25.5. The molecule has 148 valence electrons. The smallest absolute Gasteiger partial charge is 0.231 e. The molecule has 3 aromatic heterocycles. The van der Waals surface area contributed by atoms with Gasteiger partial charge in [-0.2, -0.15) is 4.52 Å². The highest BCUT2D eigenvalue weighted by molar-refractivity contribution is 7.15. The number of amides is 1.